The van der Waals surface area contributed by atoms with Gasteiger partial charge in [-0.05, 0) is 94.7 Å². The van der Waals surface area contributed by atoms with Gasteiger partial charge in [-0.15, -0.1) is 5.06 Å². The highest BCUT2D eigenvalue weighted by Crippen LogP contribution is 2.45. The average molecular weight is 1280 g/mol. The number of ether oxygens (including phenoxy) is 5. The zero-order valence-corrected chi connectivity index (χ0v) is 52.9. The summed E-state index contributed by atoms with van der Waals surface area (Å²) in [5.41, 5.74) is 3.55. The van der Waals surface area contributed by atoms with E-state index >= 15 is 0 Å². The van der Waals surface area contributed by atoms with Crippen molar-refractivity contribution in [3.05, 3.63) is 70.3 Å². The summed E-state index contributed by atoms with van der Waals surface area (Å²) in [6.45, 7) is 10.0. The standard InChI is InChI=1S/C61H82ClN9O19/c1-32(2)53(67-47(73)18-11-12-19-51(77)90-71-48(74)22-23-49(71)75)55(79)66-39(16-14-24-64-58(63)82)54(78)65-38-21-20-37(28-41(38)72)56(80)69(7)35(5)57(81)88-46-29-50(76)70(8)40-26-36(27-42(85-9)52(40)62)25-33(3)15-13-17-45(86-10)61(84)31-43(87-59(83)68-61)34(4)44-30-60(46,6)89-44/h13,15,17,20-21,26-28,32,34-35,39,43-46,53,72,84H,11-12,14,16,18-19,22-25,29-31H2,1-10H3,(H,65,78)(H,66,79)(H,67,73)(H,68,83)(H3,63,64,82)/b17-13+,33-15+/t34-,35+,39+,43+,44-,45-,46+,53+,60-,61+/m1/s1. The topological polar surface area (TPSA) is 380 Å². The number of urea groups is 1. The van der Waals surface area contributed by atoms with E-state index in [1.54, 1.807) is 52.0 Å². The number of carbonyl (C=O) groups excluding carboxylic acids is 11. The lowest BCUT2D eigenvalue weighted by Crippen LogP contribution is -2.66. The maximum absolute atomic E-state index is 14.5. The number of nitrogens with two attached hydrogens (primary N) is 1. The third kappa shape index (κ3) is 18.0. The predicted molar refractivity (Wildman–Crippen MR) is 323 cm³/mol. The second-order valence-electron chi connectivity index (χ2n) is 23.5. The summed E-state index contributed by atoms with van der Waals surface area (Å²) in [5, 5.41) is 36.4. The number of allylic oxidation sites excluding steroid dienone is 3. The number of unbranched alkanes of at least 4 members (excludes halogenated alkanes) is 1. The van der Waals surface area contributed by atoms with Gasteiger partial charge in [-0.25, -0.2) is 19.2 Å². The van der Waals surface area contributed by atoms with Gasteiger partial charge in [0.2, 0.25) is 23.6 Å². The number of phenolic OH excluding ortho intramolecular Hbond substituents is 1. The molecule has 2 aromatic carbocycles. The smallest absolute Gasteiger partial charge is 0.409 e. The van der Waals surface area contributed by atoms with E-state index in [1.807, 2.05) is 13.0 Å². The fourth-order valence-corrected chi connectivity index (χ4v) is 11.0. The van der Waals surface area contributed by atoms with Crippen LogP contribution in [0.3, 0.4) is 0 Å². The van der Waals surface area contributed by atoms with Gasteiger partial charge in [-0.1, -0.05) is 56.2 Å². The molecule has 0 aliphatic carbocycles. The Hall–Kier alpha value is -8.34. The van der Waals surface area contributed by atoms with E-state index in [4.69, 9.17) is 45.9 Å². The fourth-order valence-electron chi connectivity index (χ4n) is 10.7. The Morgan fingerprint density at radius 1 is 0.933 bits per heavy atom. The third-order valence-corrected chi connectivity index (χ3v) is 16.7. The van der Waals surface area contributed by atoms with E-state index in [-0.39, 0.29) is 92.8 Å². The van der Waals surface area contributed by atoms with Crippen molar-refractivity contribution in [3.8, 4) is 11.5 Å². The largest absolute Gasteiger partial charge is 0.506 e. The molecule has 2 aromatic rings. The van der Waals surface area contributed by atoms with E-state index in [2.05, 4.69) is 26.6 Å². The van der Waals surface area contributed by atoms with Crippen LogP contribution in [0.4, 0.5) is 21.0 Å². The number of hydrogen-bond donors (Lipinski definition) is 8. The number of aliphatic hydroxyl groups is 1. The van der Waals surface area contributed by atoms with E-state index in [1.165, 1.54) is 52.3 Å². The minimum Gasteiger partial charge on any atom is -0.506 e. The van der Waals surface area contributed by atoms with Gasteiger partial charge in [-0.2, -0.15) is 0 Å². The number of imide groups is 1. The van der Waals surface area contributed by atoms with E-state index < -0.39 is 143 Å². The van der Waals surface area contributed by atoms with Crippen LogP contribution in [0.1, 0.15) is 128 Å². The van der Waals surface area contributed by atoms with Crippen LogP contribution in [0.2, 0.25) is 5.02 Å². The van der Waals surface area contributed by atoms with Gasteiger partial charge in [0, 0.05) is 77.8 Å². The quantitative estimate of drug-likeness (QED) is 0.0356. The van der Waals surface area contributed by atoms with Gasteiger partial charge in [0.1, 0.15) is 58.6 Å². The van der Waals surface area contributed by atoms with Gasteiger partial charge in [0.05, 0.1) is 31.0 Å². The molecule has 0 radical (unpaired) electrons. The Labute approximate surface area is 526 Å². The monoisotopic (exact) mass is 1280 g/mol. The zero-order valence-electron chi connectivity index (χ0n) is 52.1. The number of nitrogens with zero attached hydrogens (tertiary/aromatic N) is 3. The molecule has 5 aliphatic heterocycles. The fraction of sp³-hybridized carbons (Fsp3) is 0.557. The number of amides is 10. The Balaban J connectivity index is 1.15. The number of hydroxylamine groups is 2. The van der Waals surface area contributed by atoms with Crippen molar-refractivity contribution in [1.82, 2.24) is 31.2 Å². The Morgan fingerprint density at radius 2 is 1.61 bits per heavy atom. The molecule has 6 bridgehead atoms. The summed E-state index contributed by atoms with van der Waals surface area (Å²) in [6.07, 6.45) is 0.400. The summed E-state index contributed by atoms with van der Waals surface area (Å²) < 4.78 is 29.7. The molecule has 28 nitrogen and oxygen atoms in total. The summed E-state index contributed by atoms with van der Waals surface area (Å²) >= 11 is 6.85. The normalized spacial score (nSPS) is 24.7. The van der Waals surface area contributed by atoms with Crippen LogP contribution in [-0.2, 0) is 68.6 Å². The van der Waals surface area contributed by atoms with Gasteiger partial charge in [-0.3, -0.25) is 38.9 Å². The number of aromatic hydroxyl groups is 1. The van der Waals surface area contributed by atoms with Crippen molar-refractivity contribution < 1.29 is 91.5 Å². The summed E-state index contributed by atoms with van der Waals surface area (Å²) in [6, 6.07) is 2.36. The highest BCUT2D eigenvalue weighted by atomic mass is 35.5. The molecule has 10 amide bonds. The van der Waals surface area contributed by atoms with Crippen LogP contribution in [0, 0.1) is 11.8 Å². The number of primary amides is 1. The number of carbonyl (C=O) groups is 11. The molecule has 0 unspecified atom stereocenters. The van der Waals surface area contributed by atoms with E-state index in [0.29, 0.717) is 17.2 Å². The number of fused-ring (bicyclic) bond motifs is 6. The van der Waals surface area contributed by atoms with Crippen LogP contribution in [0.15, 0.2) is 54.1 Å². The highest BCUT2D eigenvalue weighted by Gasteiger charge is 2.56. The van der Waals surface area contributed by atoms with Crippen LogP contribution in [0.25, 0.3) is 0 Å². The van der Waals surface area contributed by atoms with Crippen LogP contribution in [0.5, 0.6) is 11.5 Å². The Kier molecular flexibility index (Phi) is 24.3. The van der Waals surface area contributed by atoms with Crippen LogP contribution in [-0.4, -0.2) is 174 Å². The first kappa shape index (κ1) is 70.7. The van der Waals surface area contributed by atoms with Gasteiger partial charge >= 0.3 is 24.1 Å². The zero-order chi connectivity index (χ0) is 66.5. The first-order valence-corrected chi connectivity index (χ1v) is 30.0. The number of benzene rings is 2. The number of hydrogen-bond acceptors (Lipinski definition) is 19. The number of nitrogens with one attached hydrogen (secondary N) is 5. The van der Waals surface area contributed by atoms with Gasteiger partial charge in [0.25, 0.3) is 17.7 Å². The second kappa shape index (κ2) is 30.9. The van der Waals surface area contributed by atoms with Crippen molar-refractivity contribution >= 4 is 88.4 Å². The lowest BCUT2D eigenvalue weighted by atomic mass is 9.76. The van der Waals surface area contributed by atoms with Crippen molar-refractivity contribution in [2.24, 2.45) is 17.6 Å². The lowest BCUT2D eigenvalue weighted by Gasteiger charge is -2.53. The molecule has 29 heteroatoms. The van der Waals surface area contributed by atoms with E-state index in [0.717, 1.165) is 22.1 Å². The molecule has 10 atom stereocenters. The first-order chi connectivity index (χ1) is 42.4. The lowest BCUT2D eigenvalue weighted by molar-refractivity contribution is -0.271. The molecular formula is C61H82ClN9O19. The van der Waals surface area contributed by atoms with Crippen molar-refractivity contribution in [3.63, 3.8) is 0 Å². The maximum atomic E-state index is 14.5. The molecule has 90 heavy (non-hydrogen) atoms. The predicted octanol–water partition coefficient (Wildman–Crippen LogP) is 4.10. The van der Waals surface area contributed by atoms with Crippen LogP contribution < -0.4 is 42.0 Å². The number of rotatable bonds is 22. The molecule has 9 N–H and O–H groups in total. The minimum atomic E-state index is -1.89. The molecular weight excluding hydrogens is 1200 g/mol. The molecule has 0 spiro atoms. The molecule has 3 saturated heterocycles. The number of likely N-dealkylation sites (N-methyl/N-ethyl adjacent to an activating group) is 1. The third-order valence-electron chi connectivity index (χ3n) is 16.3. The molecule has 7 rings (SSSR count). The molecule has 0 saturated carbocycles. The minimum absolute atomic E-state index is 0.0142. The Morgan fingerprint density at radius 3 is 2.24 bits per heavy atom. The van der Waals surface area contributed by atoms with Crippen molar-refractivity contribution in [2.75, 3.05) is 45.1 Å². The van der Waals surface area contributed by atoms with Crippen LogP contribution >= 0.6 is 11.6 Å². The number of alkyl carbamates (subject to hydrolysis) is 1. The van der Waals surface area contributed by atoms with Gasteiger partial charge < -0.3 is 75.5 Å². The number of esters is 1. The molecule has 3 fully saturated rings. The highest BCUT2D eigenvalue weighted by molar-refractivity contribution is 6.35. The SMILES string of the molecule is COc1cc2cc(c1Cl)N(C)C(=O)C[C@H](OC(=O)[C@H](C)N(C)C(=O)c1ccc(NC(=O)[C@H](CCCNC(N)=O)NC(=O)[C@@H](NC(=O)CCCCC(=O)ON3C(=O)CCC3=O)C(C)C)c(O)c1)[C@@]1(C)C[C@@H](O1)[C@H](C)[C@@H]1C[C@@](O)(NC(=O)O1)[C@H](OC)/C=C/C=C(\C)C2. The van der Waals surface area contributed by atoms with Crippen molar-refractivity contribution in [2.45, 2.75) is 172 Å². The van der Waals surface area contributed by atoms with E-state index in [9.17, 15) is 63.0 Å². The number of halogens is 1. The maximum Gasteiger partial charge on any atom is 0.409 e. The summed E-state index contributed by atoms with van der Waals surface area (Å²) in [4.78, 5) is 151. The number of anilines is 2. The molecule has 0 aromatic heterocycles. The van der Waals surface area contributed by atoms with Gasteiger partial charge in [0.15, 0.2) is 5.72 Å². The molecule has 5 heterocycles. The number of methoxy groups -OCH3 is 2. The number of phenols is 1. The summed E-state index contributed by atoms with van der Waals surface area (Å²) in [5.74, 6) is -7.82. The Bertz CT molecular complexity index is 3120. The molecule has 492 valence electrons. The average Bonchev–Trinajstić information content (AvgIpc) is 0.901. The summed E-state index contributed by atoms with van der Waals surface area (Å²) in [7, 11) is 5.67. The molecule has 5 aliphatic rings. The first-order valence-electron chi connectivity index (χ1n) is 29.6. The second-order valence-corrected chi connectivity index (χ2v) is 23.9. The van der Waals surface area contributed by atoms with Crippen molar-refractivity contribution in [1.29, 1.82) is 0 Å².